The molecule has 296 valence electrons. The first kappa shape index (κ1) is 41.5. The number of benzene rings is 6. The molecule has 0 aromatic heterocycles. The van der Waals surface area contributed by atoms with Gasteiger partial charge in [0.2, 0.25) is 11.8 Å². The van der Waals surface area contributed by atoms with Crippen LogP contribution in [0.3, 0.4) is 0 Å². The van der Waals surface area contributed by atoms with Crippen molar-refractivity contribution in [2.45, 2.75) is 33.1 Å². The number of allylic oxidation sites excluding steroid dienone is 2. The number of aromatic hydroxyl groups is 2. The van der Waals surface area contributed by atoms with E-state index in [4.69, 9.17) is 0 Å². The summed E-state index contributed by atoms with van der Waals surface area (Å²) in [4.78, 5) is 25.2. The Kier molecular flexibility index (Phi) is 14.6. The third kappa shape index (κ3) is 11.5. The van der Waals surface area contributed by atoms with Crippen LogP contribution in [0.1, 0.15) is 77.6 Å². The van der Waals surface area contributed by atoms with Crippen molar-refractivity contribution in [3.63, 3.8) is 0 Å². The van der Waals surface area contributed by atoms with E-state index >= 15 is 0 Å². The number of phenolic OH excluding ortho intramolecular Hbond substituents is 2. The van der Waals surface area contributed by atoms with Gasteiger partial charge in [-0.2, -0.15) is 0 Å². The van der Waals surface area contributed by atoms with Gasteiger partial charge in [-0.3, -0.25) is 9.59 Å². The van der Waals surface area contributed by atoms with Crippen LogP contribution in [-0.4, -0.2) is 35.1 Å². The summed E-state index contributed by atoms with van der Waals surface area (Å²) in [5.74, 6) is 0.0380. The van der Waals surface area contributed by atoms with Gasteiger partial charge in [0.05, 0.1) is 0 Å². The van der Waals surface area contributed by atoms with Crippen molar-refractivity contribution in [2.24, 2.45) is 0 Å². The normalized spacial score (nSPS) is 12.2. The molecule has 4 N–H and O–H groups in total. The highest BCUT2D eigenvalue weighted by Gasteiger charge is 2.15. The molecule has 0 saturated heterocycles. The summed E-state index contributed by atoms with van der Waals surface area (Å²) in [6.45, 7) is 5.14. The predicted molar refractivity (Wildman–Crippen MR) is 243 cm³/mol. The van der Waals surface area contributed by atoms with Crippen LogP contribution in [0.15, 0.2) is 170 Å². The summed E-state index contributed by atoms with van der Waals surface area (Å²) in [6.07, 6.45) is 8.87. The van der Waals surface area contributed by atoms with Crippen molar-refractivity contribution in [1.29, 1.82) is 0 Å². The Hall–Kier alpha value is -7.18. The number of hydrogen-bond acceptors (Lipinski definition) is 4. The molecule has 0 fully saturated rings. The fourth-order valence-electron chi connectivity index (χ4n) is 7.11. The third-order valence-corrected chi connectivity index (χ3v) is 10.1. The predicted octanol–water partition coefficient (Wildman–Crippen LogP) is 11.2. The number of amides is 2. The number of carbonyl (C=O) groups is 2. The van der Waals surface area contributed by atoms with Crippen LogP contribution < -0.4 is 10.6 Å². The maximum absolute atomic E-state index is 12.6. The van der Waals surface area contributed by atoms with Crippen LogP contribution in [0, 0.1) is 0 Å². The van der Waals surface area contributed by atoms with Crippen LogP contribution in [0.2, 0.25) is 0 Å². The molecule has 6 nitrogen and oxygen atoms in total. The van der Waals surface area contributed by atoms with E-state index in [0.29, 0.717) is 19.5 Å². The molecule has 6 heteroatoms. The Bertz CT molecular complexity index is 2250. The Morgan fingerprint density at radius 2 is 0.763 bits per heavy atom. The van der Waals surface area contributed by atoms with E-state index in [2.05, 4.69) is 73.0 Å². The molecule has 0 aliphatic heterocycles. The molecule has 0 atom stereocenters. The van der Waals surface area contributed by atoms with Crippen molar-refractivity contribution < 1.29 is 19.8 Å². The summed E-state index contributed by atoms with van der Waals surface area (Å²) in [7, 11) is 0. The molecule has 0 aliphatic carbocycles. The molecule has 6 rings (SSSR count). The van der Waals surface area contributed by atoms with E-state index in [1.807, 2.05) is 84.9 Å². The SMILES string of the molecule is CC/C(=C(/c1ccc(O)cc1)c1ccc(/C=C/C(=O)NCCCNC(=O)/C=C/c2ccc(/C(=C(\CC)c3ccccc3)c3ccc(O)cc3)cc2)cc1)c1ccccc1. The Morgan fingerprint density at radius 3 is 1.08 bits per heavy atom. The summed E-state index contributed by atoms with van der Waals surface area (Å²) in [5, 5.41) is 25.6. The number of nitrogens with one attached hydrogen (secondary N) is 2. The third-order valence-electron chi connectivity index (χ3n) is 10.1. The lowest BCUT2D eigenvalue weighted by molar-refractivity contribution is -0.116. The van der Waals surface area contributed by atoms with E-state index in [1.54, 1.807) is 36.4 Å². The number of hydrogen-bond donors (Lipinski definition) is 4. The minimum Gasteiger partial charge on any atom is -0.508 e. The topological polar surface area (TPSA) is 98.7 Å². The van der Waals surface area contributed by atoms with Crippen LogP contribution >= 0.6 is 0 Å². The van der Waals surface area contributed by atoms with Crippen LogP contribution in [-0.2, 0) is 9.59 Å². The second-order valence-electron chi connectivity index (χ2n) is 14.1. The summed E-state index contributed by atoms with van der Waals surface area (Å²) >= 11 is 0. The van der Waals surface area contributed by atoms with Gasteiger partial charge in [-0.1, -0.05) is 147 Å². The van der Waals surface area contributed by atoms with Gasteiger partial charge in [0.25, 0.3) is 0 Å². The first-order valence-electron chi connectivity index (χ1n) is 20.1. The van der Waals surface area contributed by atoms with Gasteiger partial charge < -0.3 is 20.8 Å². The van der Waals surface area contributed by atoms with Gasteiger partial charge in [0.15, 0.2) is 0 Å². The molecule has 59 heavy (non-hydrogen) atoms. The highest BCUT2D eigenvalue weighted by atomic mass is 16.3. The summed E-state index contributed by atoms with van der Waals surface area (Å²) < 4.78 is 0. The molecule has 6 aromatic rings. The lowest BCUT2D eigenvalue weighted by Crippen LogP contribution is -2.28. The van der Waals surface area contributed by atoms with E-state index in [-0.39, 0.29) is 23.3 Å². The van der Waals surface area contributed by atoms with Gasteiger partial charge in [0.1, 0.15) is 11.5 Å². The quantitative estimate of drug-likeness (QED) is 0.0447. The Labute approximate surface area is 347 Å². The van der Waals surface area contributed by atoms with Crippen LogP contribution in [0.25, 0.3) is 34.4 Å². The lowest BCUT2D eigenvalue weighted by atomic mass is 9.88. The van der Waals surface area contributed by atoms with Gasteiger partial charge in [0, 0.05) is 25.2 Å². The van der Waals surface area contributed by atoms with Crippen molar-refractivity contribution in [3.8, 4) is 11.5 Å². The minimum atomic E-state index is -0.205. The lowest BCUT2D eigenvalue weighted by Gasteiger charge is -2.16. The molecule has 0 aliphatic rings. The minimum absolute atomic E-state index is 0.205. The second-order valence-corrected chi connectivity index (χ2v) is 14.1. The molecule has 2 amide bonds. The van der Waals surface area contributed by atoms with Crippen molar-refractivity contribution in [1.82, 2.24) is 10.6 Å². The molecule has 0 saturated carbocycles. The van der Waals surface area contributed by atoms with E-state index in [9.17, 15) is 19.8 Å². The van der Waals surface area contributed by atoms with Crippen molar-refractivity contribution in [2.75, 3.05) is 13.1 Å². The first-order valence-corrected chi connectivity index (χ1v) is 20.1. The standard InChI is InChI=1S/C53H50N2O4/c1-3-48(40-12-7-5-8-13-40)52(44-26-30-46(56)31-27-44)42-22-16-38(17-23-42)20-34-50(58)54-36-11-37-55-51(59)35-21-39-18-24-43(25-19-39)53(45-28-32-47(57)33-29-45)49(4-2)41-14-9-6-10-15-41/h5-10,12-35,56-57H,3-4,11,36-37H2,1-2H3,(H,54,58)(H,55,59)/b34-20+,35-21+,52-48-,53-49-. The average molecular weight is 779 g/mol. The van der Waals surface area contributed by atoms with Crippen LogP contribution in [0.5, 0.6) is 11.5 Å². The fourth-order valence-corrected chi connectivity index (χ4v) is 7.11. The average Bonchev–Trinajstić information content (AvgIpc) is 3.27. The number of carbonyl (C=O) groups excluding carboxylic acids is 2. The van der Waals surface area contributed by atoms with Crippen LogP contribution in [0.4, 0.5) is 0 Å². The summed E-state index contributed by atoms with van der Waals surface area (Å²) in [5.41, 5.74) is 12.8. The molecular weight excluding hydrogens is 729 g/mol. The monoisotopic (exact) mass is 778 g/mol. The molecule has 0 bridgehead atoms. The molecule has 0 heterocycles. The molecule has 0 spiro atoms. The zero-order chi connectivity index (χ0) is 41.4. The van der Waals surface area contributed by atoms with E-state index in [1.165, 1.54) is 23.3 Å². The van der Waals surface area contributed by atoms with Gasteiger partial charge in [-0.25, -0.2) is 0 Å². The second kappa shape index (κ2) is 20.8. The fraction of sp³-hybridized carbons (Fsp3) is 0.132. The Morgan fingerprint density at radius 1 is 0.441 bits per heavy atom. The van der Waals surface area contributed by atoms with E-state index in [0.717, 1.165) is 68.5 Å². The van der Waals surface area contributed by atoms with Gasteiger partial charge >= 0.3 is 0 Å². The zero-order valence-electron chi connectivity index (χ0n) is 33.6. The molecule has 0 radical (unpaired) electrons. The summed E-state index contributed by atoms with van der Waals surface area (Å²) in [6, 6.07) is 51.5. The van der Waals surface area contributed by atoms with Gasteiger partial charge in [-0.15, -0.1) is 0 Å². The number of phenols is 2. The largest absolute Gasteiger partial charge is 0.508 e. The molecule has 0 unspecified atom stereocenters. The highest BCUT2D eigenvalue weighted by molar-refractivity contribution is 6.00. The van der Waals surface area contributed by atoms with Crippen molar-refractivity contribution in [3.05, 3.63) is 214 Å². The highest BCUT2D eigenvalue weighted by Crippen LogP contribution is 2.36. The molecular formula is C53H50N2O4. The zero-order valence-corrected chi connectivity index (χ0v) is 33.6. The maximum Gasteiger partial charge on any atom is 0.244 e. The molecule has 6 aromatic carbocycles. The van der Waals surface area contributed by atoms with Crippen molar-refractivity contribution >= 4 is 46.3 Å². The Balaban J connectivity index is 0.998. The smallest absolute Gasteiger partial charge is 0.244 e. The maximum atomic E-state index is 12.6. The van der Waals surface area contributed by atoms with Gasteiger partial charge in [-0.05, 0) is 122 Å². The number of rotatable bonds is 16. The first-order chi connectivity index (χ1) is 28.8. The van der Waals surface area contributed by atoms with E-state index < -0.39 is 0 Å².